The van der Waals surface area contributed by atoms with Crippen molar-refractivity contribution >= 4 is 23.7 Å². The second-order valence-electron chi connectivity index (χ2n) is 25.6. The molecule has 1 unspecified atom stereocenters. The maximum Gasteiger partial charge on any atom is 0.326 e. The molecule has 0 radical (unpaired) electrons. The van der Waals surface area contributed by atoms with Crippen LogP contribution in [0.3, 0.4) is 0 Å². The number of nitrogens with zero attached hydrogens (tertiary/aromatic N) is 4. The first-order chi connectivity index (χ1) is 43.4. The molecule has 2 aromatic heterocycles. The van der Waals surface area contributed by atoms with Gasteiger partial charge >= 0.3 is 17.9 Å². The number of ether oxygens (including phenoxy) is 2. The van der Waals surface area contributed by atoms with Crippen LogP contribution in [0.25, 0.3) is 22.3 Å². The van der Waals surface area contributed by atoms with Crippen LogP contribution in [-0.4, -0.2) is 102 Å². The third kappa shape index (κ3) is 21.2. The number of aryl methyl sites for hydroxylation is 6. The normalized spacial score (nSPS) is 12.7. The number of likely N-dealkylation sites (N-methyl/N-ethyl adjacent to an activating group) is 2. The predicted molar refractivity (Wildman–Crippen MR) is 354 cm³/mol. The summed E-state index contributed by atoms with van der Waals surface area (Å²) in [6.45, 7) is 26.1. The van der Waals surface area contributed by atoms with Crippen LogP contribution in [-0.2, 0) is 41.5 Å². The first-order valence-corrected chi connectivity index (χ1v) is 31.5. The average Bonchev–Trinajstić information content (AvgIpc) is 0.829. The zero-order valence-electron chi connectivity index (χ0n) is 57.4. The molecule has 0 aliphatic rings. The maximum absolute atomic E-state index is 16.0. The van der Waals surface area contributed by atoms with E-state index in [9.17, 15) is 51.4 Å². The van der Waals surface area contributed by atoms with Gasteiger partial charge in [-0.1, -0.05) is 27.7 Å². The second kappa shape index (κ2) is 35.0. The molecular weight excluding hydrogens is 1200 g/mol. The number of carbonyl (C=O) groups is 4. The molecule has 508 valence electrons. The molecule has 4 atom stereocenters. The molecule has 0 aliphatic heterocycles. The van der Waals surface area contributed by atoms with Gasteiger partial charge in [-0.15, -0.1) is 0 Å². The van der Waals surface area contributed by atoms with Gasteiger partial charge in [0.25, 0.3) is 11.1 Å². The zero-order valence-corrected chi connectivity index (χ0v) is 57.4. The molecule has 6 rings (SSSR count). The van der Waals surface area contributed by atoms with Gasteiger partial charge in [-0.3, -0.25) is 28.5 Å². The second-order valence-corrected chi connectivity index (χ2v) is 25.6. The van der Waals surface area contributed by atoms with E-state index in [1.54, 1.807) is 85.9 Å². The zero-order chi connectivity index (χ0) is 70.2. The van der Waals surface area contributed by atoms with Crippen molar-refractivity contribution in [3.05, 3.63) is 183 Å². The van der Waals surface area contributed by atoms with Crippen LogP contribution in [0.1, 0.15) is 164 Å². The number of aliphatic carboxylic acids is 1. The van der Waals surface area contributed by atoms with Gasteiger partial charge in [0.05, 0.1) is 32.1 Å². The minimum Gasteiger partial charge on any atom is -0.480 e. The first kappa shape index (κ1) is 77.8. The highest BCUT2D eigenvalue weighted by Crippen LogP contribution is 2.38. The lowest BCUT2D eigenvalue weighted by atomic mass is 9.83. The van der Waals surface area contributed by atoms with Gasteiger partial charge in [-0.25, -0.2) is 31.1 Å². The predicted octanol–water partition coefficient (Wildman–Crippen LogP) is 14.1. The smallest absolute Gasteiger partial charge is 0.326 e. The summed E-state index contributed by atoms with van der Waals surface area (Å²) in [6, 6.07) is 9.45. The number of nitrogens with two attached hydrogens (primary N) is 1. The molecular formula is C73H95F6N5O9. The fourth-order valence-electron chi connectivity index (χ4n) is 11.5. The number of hydrogen-bond acceptors (Lipinski definition) is 11. The van der Waals surface area contributed by atoms with Crippen LogP contribution in [0.15, 0.2) is 70.5 Å². The van der Waals surface area contributed by atoms with Gasteiger partial charge in [0, 0.05) is 49.4 Å². The summed E-state index contributed by atoms with van der Waals surface area (Å²) in [5.74, 6) is -6.91. The SMILES string of the molecule is CCOC(=O)C[C@H](CC(=O)[C@H](CC(C)C)n1cc(CCN(C)C)c(C)c(F)c1=O)c1cc(-c2c(C)cc(F)cc2C)cc(C)c1F.CCOC(=O)C[C@H](N)c1cc(-c2c(C)cc(F)cc2C)cc(C)c1F.Cc1c(CCN(C)C)cn(C(CC(C)C)C(=O)O)c(=O)c1F. The Morgan fingerprint density at radius 2 is 0.882 bits per heavy atom. The summed E-state index contributed by atoms with van der Waals surface area (Å²) in [4.78, 5) is 79.5. The third-order valence-electron chi connectivity index (χ3n) is 16.3. The number of benzene rings is 4. The van der Waals surface area contributed by atoms with E-state index in [1.807, 2.05) is 79.5 Å². The van der Waals surface area contributed by atoms with Gasteiger partial charge < -0.3 is 34.7 Å². The molecule has 0 spiro atoms. The fourth-order valence-corrected chi connectivity index (χ4v) is 11.5. The van der Waals surface area contributed by atoms with Crippen molar-refractivity contribution in [1.29, 1.82) is 0 Å². The Morgan fingerprint density at radius 1 is 0.516 bits per heavy atom. The number of Topliss-reactive ketones (excluding diaryl/α,β-unsaturated/α-hetero) is 1. The molecule has 0 bridgehead atoms. The minimum absolute atomic E-state index is 0.0364. The maximum atomic E-state index is 16.0. The van der Waals surface area contributed by atoms with E-state index in [0.717, 1.165) is 32.4 Å². The lowest BCUT2D eigenvalue weighted by Gasteiger charge is -2.26. The van der Waals surface area contributed by atoms with Gasteiger partial charge in [-0.2, -0.15) is 0 Å². The molecule has 20 heteroatoms. The molecule has 0 saturated heterocycles. The number of pyridine rings is 2. The minimum atomic E-state index is -1.11. The summed E-state index contributed by atoms with van der Waals surface area (Å²) in [7, 11) is 7.59. The van der Waals surface area contributed by atoms with Crippen LogP contribution in [0.5, 0.6) is 0 Å². The van der Waals surface area contributed by atoms with Gasteiger partial charge in [-0.05, 0) is 267 Å². The Hall–Kier alpha value is -7.68. The molecule has 93 heavy (non-hydrogen) atoms. The van der Waals surface area contributed by atoms with Crippen LogP contribution >= 0.6 is 0 Å². The number of carboxylic acids is 1. The fraction of sp³-hybridized carbons (Fsp3) is 0.479. The molecule has 14 nitrogen and oxygen atoms in total. The molecule has 2 heterocycles. The van der Waals surface area contributed by atoms with Crippen molar-refractivity contribution in [3.63, 3.8) is 0 Å². The molecule has 6 aromatic rings. The monoisotopic (exact) mass is 1300 g/mol. The van der Waals surface area contributed by atoms with Crippen LogP contribution in [0.4, 0.5) is 26.3 Å². The van der Waals surface area contributed by atoms with Crippen molar-refractivity contribution in [2.75, 3.05) is 54.5 Å². The van der Waals surface area contributed by atoms with Crippen LogP contribution < -0.4 is 16.9 Å². The molecule has 0 fully saturated rings. The van der Waals surface area contributed by atoms with Crippen LogP contribution in [0, 0.1) is 102 Å². The Labute approximate surface area is 544 Å². The van der Waals surface area contributed by atoms with Gasteiger partial charge in [0.15, 0.2) is 17.4 Å². The number of esters is 2. The highest BCUT2D eigenvalue weighted by molar-refractivity contribution is 5.85. The van der Waals surface area contributed by atoms with E-state index < -0.39 is 82.1 Å². The topological polar surface area (TPSA) is 183 Å². The van der Waals surface area contributed by atoms with Crippen molar-refractivity contribution in [1.82, 2.24) is 18.9 Å². The van der Waals surface area contributed by atoms with Crippen molar-refractivity contribution < 1.29 is 60.1 Å². The Morgan fingerprint density at radius 3 is 1.26 bits per heavy atom. The standard InChI is InChI=1S/C37H47F3N2O4.C20H23F2NO2.C16H25FN2O3/c1-10-46-33(44)19-27(30-17-28(14-24(6)35(30)39)34-22(4)15-29(38)16-23(34)5)18-32(43)31(13-21(2)3)42-20-26(11-12-41(8)9)25(7)36(40)37(42)45;1-5-25-18(24)10-17(23)16-9-14(6-13(4)20(16)22)19-11(2)7-15(21)8-12(19)3;1-10(2)8-13(16(21)22)19-9-12(6-7-18(4)5)11(3)14(17)15(19)20/h14-17,20-21,27,31H,10-13,18-19H2,1-9H3;6-9,17H,5,10,23H2,1-4H3;9-10,13H,6-8H2,1-5H3,(H,21,22)/t27-,31-;17-;/m00./s1. The molecule has 0 amide bonds. The number of ketones is 1. The van der Waals surface area contributed by atoms with Crippen molar-refractivity contribution in [2.24, 2.45) is 17.6 Å². The number of rotatable bonds is 26. The van der Waals surface area contributed by atoms with Crippen LogP contribution in [0.2, 0.25) is 0 Å². The number of halogens is 6. The van der Waals surface area contributed by atoms with Crippen molar-refractivity contribution in [2.45, 2.75) is 166 Å². The Kier molecular flexibility index (Phi) is 29.3. The largest absolute Gasteiger partial charge is 0.480 e. The molecule has 4 aromatic carbocycles. The summed E-state index contributed by atoms with van der Waals surface area (Å²) in [6.07, 6.45) is 3.97. The number of aromatic nitrogens is 2. The van der Waals surface area contributed by atoms with E-state index in [4.69, 9.17) is 15.2 Å². The number of carboxylic acid groups (broad SMARTS) is 1. The molecule has 3 N–H and O–H groups in total. The highest BCUT2D eigenvalue weighted by Gasteiger charge is 2.32. The third-order valence-corrected chi connectivity index (χ3v) is 16.3. The highest BCUT2D eigenvalue weighted by atomic mass is 19.1. The van der Waals surface area contributed by atoms with Gasteiger partial charge in [0.2, 0.25) is 0 Å². The van der Waals surface area contributed by atoms with E-state index in [1.165, 1.54) is 35.0 Å². The Bertz CT molecular complexity index is 3720. The lowest BCUT2D eigenvalue weighted by molar-refractivity contribution is -0.144. The van der Waals surface area contributed by atoms with Crippen molar-refractivity contribution in [3.8, 4) is 22.3 Å². The van der Waals surface area contributed by atoms with E-state index >= 15 is 8.78 Å². The lowest BCUT2D eigenvalue weighted by Crippen LogP contribution is -2.34. The quantitative estimate of drug-likeness (QED) is 0.0388. The summed E-state index contributed by atoms with van der Waals surface area (Å²) < 4.78 is 100. The summed E-state index contributed by atoms with van der Waals surface area (Å²) in [5, 5.41) is 9.38. The summed E-state index contributed by atoms with van der Waals surface area (Å²) >= 11 is 0. The molecule has 0 saturated carbocycles. The number of hydrogen-bond donors (Lipinski definition) is 2. The molecule has 0 aliphatic carbocycles. The van der Waals surface area contributed by atoms with E-state index in [0.29, 0.717) is 70.4 Å². The Balaban J connectivity index is 0.000000329. The number of carbonyl (C=O) groups excluding carboxylic acids is 3. The van der Waals surface area contributed by atoms with E-state index in [-0.39, 0.29) is 85.5 Å². The first-order valence-electron chi connectivity index (χ1n) is 31.5. The summed E-state index contributed by atoms with van der Waals surface area (Å²) in [5.41, 5.74) is 13.1. The van der Waals surface area contributed by atoms with E-state index in [2.05, 4.69) is 0 Å². The van der Waals surface area contributed by atoms with Gasteiger partial charge in [0.1, 0.15) is 29.3 Å². The average molecular weight is 1300 g/mol.